The fourth-order valence-electron chi connectivity index (χ4n) is 1.40. The van der Waals surface area contributed by atoms with Gasteiger partial charge in [-0.3, -0.25) is 4.79 Å². The molecule has 0 radical (unpaired) electrons. The molecular weight excluding hydrogens is 202 g/mol. The molecule has 78 valence electrons. The normalized spacial score (nSPS) is 9.75. The van der Waals surface area contributed by atoms with E-state index in [4.69, 9.17) is 5.26 Å². The van der Waals surface area contributed by atoms with Gasteiger partial charge in [0.15, 0.2) is 0 Å². The smallest absolute Gasteiger partial charge is 0.274 e. The maximum absolute atomic E-state index is 11.6. The van der Waals surface area contributed by atoms with Gasteiger partial charge in [0.2, 0.25) is 0 Å². The number of hydrogen-bond donors (Lipinski definition) is 1. The van der Waals surface area contributed by atoms with Crippen molar-refractivity contribution in [3.05, 3.63) is 52.1 Å². The second-order valence-corrected chi connectivity index (χ2v) is 3.43. The summed E-state index contributed by atoms with van der Waals surface area (Å²) in [5.41, 5.74) is 2.15. The first kappa shape index (κ1) is 10.1. The lowest BCUT2D eigenvalue weighted by Crippen LogP contribution is -2.11. The average Bonchev–Trinajstić information content (AvgIpc) is 2.29. The molecule has 0 spiro atoms. The van der Waals surface area contributed by atoms with Gasteiger partial charge < -0.3 is 4.98 Å². The van der Waals surface area contributed by atoms with Crippen molar-refractivity contribution in [3.8, 4) is 17.3 Å². The molecule has 1 heterocycles. The van der Waals surface area contributed by atoms with Crippen LogP contribution < -0.4 is 5.56 Å². The first-order chi connectivity index (χ1) is 7.70. The number of aryl methyl sites for hydroxylation is 1. The Bertz CT molecular complexity index is 605. The molecule has 0 unspecified atom stereocenters. The molecule has 1 N–H and O–H groups in total. The third-order valence-electron chi connectivity index (χ3n) is 2.20. The third-order valence-corrected chi connectivity index (χ3v) is 2.20. The van der Waals surface area contributed by atoms with E-state index in [1.165, 1.54) is 0 Å². The van der Waals surface area contributed by atoms with Gasteiger partial charge >= 0.3 is 0 Å². The van der Waals surface area contributed by atoms with Crippen LogP contribution in [0, 0.1) is 18.3 Å². The number of benzene rings is 1. The second kappa shape index (κ2) is 3.99. The molecule has 0 saturated heterocycles. The zero-order valence-electron chi connectivity index (χ0n) is 8.69. The summed E-state index contributed by atoms with van der Waals surface area (Å²) >= 11 is 0. The highest BCUT2D eigenvalue weighted by Gasteiger charge is 2.04. The molecule has 2 rings (SSSR count). The van der Waals surface area contributed by atoms with Gasteiger partial charge in [-0.1, -0.05) is 12.1 Å². The Balaban J connectivity index is 2.51. The lowest BCUT2D eigenvalue weighted by atomic mass is 10.1. The van der Waals surface area contributed by atoms with E-state index in [1.807, 2.05) is 6.07 Å². The van der Waals surface area contributed by atoms with E-state index in [2.05, 4.69) is 9.97 Å². The number of aromatic amines is 1. The molecule has 0 bridgehead atoms. The van der Waals surface area contributed by atoms with E-state index in [-0.39, 0.29) is 5.56 Å². The van der Waals surface area contributed by atoms with Crippen LogP contribution in [0.25, 0.3) is 11.3 Å². The van der Waals surface area contributed by atoms with Gasteiger partial charge in [0.05, 0.1) is 11.6 Å². The van der Waals surface area contributed by atoms with Crippen molar-refractivity contribution in [2.75, 3.05) is 0 Å². The molecule has 1 aromatic heterocycles. The largest absolute Gasteiger partial charge is 0.323 e. The van der Waals surface area contributed by atoms with Gasteiger partial charge in [0.25, 0.3) is 5.56 Å². The molecule has 0 aliphatic rings. The van der Waals surface area contributed by atoms with E-state index < -0.39 is 0 Å². The number of hydrogen-bond acceptors (Lipinski definition) is 3. The SMILES string of the molecule is Cc1cnc(-c2ccc(C#N)cc2)c(=O)[nH]1. The zero-order chi connectivity index (χ0) is 11.5. The maximum Gasteiger partial charge on any atom is 0.274 e. The Labute approximate surface area is 92.2 Å². The Morgan fingerprint density at radius 3 is 2.56 bits per heavy atom. The summed E-state index contributed by atoms with van der Waals surface area (Å²) in [7, 11) is 0. The molecule has 16 heavy (non-hydrogen) atoms. The number of rotatable bonds is 1. The maximum atomic E-state index is 11.6. The van der Waals surface area contributed by atoms with Crippen molar-refractivity contribution in [2.24, 2.45) is 0 Å². The molecule has 4 nitrogen and oxygen atoms in total. The van der Waals surface area contributed by atoms with Crippen molar-refractivity contribution in [1.29, 1.82) is 5.26 Å². The number of aromatic nitrogens is 2. The summed E-state index contributed by atoms with van der Waals surface area (Å²) < 4.78 is 0. The summed E-state index contributed by atoms with van der Waals surface area (Å²) in [4.78, 5) is 18.4. The lowest BCUT2D eigenvalue weighted by Gasteiger charge is -2.00. The van der Waals surface area contributed by atoms with E-state index in [1.54, 1.807) is 37.4 Å². The molecule has 0 aliphatic carbocycles. The van der Waals surface area contributed by atoms with Crippen LogP contribution in [0.15, 0.2) is 35.3 Å². The molecule has 2 aromatic rings. The quantitative estimate of drug-likeness (QED) is 0.779. The number of nitrogens with one attached hydrogen (secondary N) is 1. The van der Waals surface area contributed by atoms with Gasteiger partial charge in [-0.15, -0.1) is 0 Å². The number of nitrogens with zero attached hydrogens (tertiary/aromatic N) is 2. The Morgan fingerprint density at radius 1 is 1.31 bits per heavy atom. The van der Waals surface area contributed by atoms with Gasteiger partial charge in [-0.25, -0.2) is 4.98 Å². The molecule has 0 fully saturated rings. The van der Waals surface area contributed by atoms with Gasteiger partial charge in [-0.2, -0.15) is 5.26 Å². The lowest BCUT2D eigenvalue weighted by molar-refractivity contribution is 1.07. The van der Waals surface area contributed by atoms with Crippen molar-refractivity contribution in [2.45, 2.75) is 6.92 Å². The van der Waals surface area contributed by atoms with Crippen LogP contribution in [0.1, 0.15) is 11.3 Å². The standard InChI is InChI=1S/C12H9N3O/c1-8-7-14-11(12(16)15-8)10-4-2-9(6-13)3-5-10/h2-5,7H,1H3,(H,15,16). The molecular formula is C12H9N3O. The molecule has 0 saturated carbocycles. The highest BCUT2D eigenvalue weighted by atomic mass is 16.1. The van der Waals surface area contributed by atoms with Crippen molar-refractivity contribution >= 4 is 0 Å². The first-order valence-electron chi connectivity index (χ1n) is 4.77. The van der Waals surface area contributed by atoms with Gasteiger partial charge in [0, 0.05) is 17.5 Å². The Morgan fingerprint density at radius 2 is 2.00 bits per heavy atom. The van der Waals surface area contributed by atoms with Gasteiger partial charge in [-0.05, 0) is 19.1 Å². The second-order valence-electron chi connectivity index (χ2n) is 3.43. The van der Waals surface area contributed by atoms with Crippen LogP contribution in [-0.4, -0.2) is 9.97 Å². The van der Waals surface area contributed by atoms with Crippen LogP contribution in [-0.2, 0) is 0 Å². The molecule has 0 atom stereocenters. The Hall–Kier alpha value is -2.41. The van der Waals surface area contributed by atoms with E-state index in [9.17, 15) is 4.79 Å². The molecule has 1 aromatic carbocycles. The summed E-state index contributed by atoms with van der Waals surface area (Å²) in [5.74, 6) is 0. The van der Waals surface area contributed by atoms with Crippen LogP contribution in [0.3, 0.4) is 0 Å². The summed E-state index contributed by atoms with van der Waals surface area (Å²) in [6.45, 7) is 1.77. The van der Waals surface area contributed by atoms with Crippen LogP contribution in [0.4, 0.5) is 0 Å². The average molecular weight is 211 g/mol. The van der Waals surface area contributed by atoms with Crippen LogP contribution in [0.2, 0.25) is 0 Å². The number of nitriles is 1. The molecule has 4 heteroatoms. The summed E-state index contributed by atoms with van der Waals surface area (Å²) in [6.07, 6.45) is 1.61. The van der Waals surface area contributed by atoms with E-state index >= 15 is 0 Å². The highest BCUT2D eigenvalue weighted by molar-refractivity contribution is 5.59. The topological polar surface area (TPSA) is 69.5 Å². The number of H-pyrrole nitrogens is 1. The van der Waals surface area contributed by atoms with Crippen LogP contribution >= 0.6 is 0 Å². The highest BCUT2D eigenvalue weighted by Crippen LogP contribution is 2.13. The fraction of sp³-hybridized carbons (Fsp3) is 0.0833. The molecule has 0 amide bonds. The molecule has 0 aliphatic heterocycles. The van der Waals surface area contributed by atoms with E-state index in [0.29, 0.717) is 16.8 Å². The minimum absolute atomic E-state index is 0.218. The summed E-state index contributed by atoms with van der Waals surface area (Å²) in [5, 5.41) is 8.66. The van der Waals surface area contributed by atoms with Crippen molar-refractivity contribution < 1.29 is 0 Å². The van der Waals surface area contributed by atoms with E-state index in [0.717, 1.165) is 5.69 Å². The summed E-state index contributed by atoms with van der Waals surface area (Å²) in [6, 6.07) is 8.78. The first-order valence-corrected chi connectivity index (χ1v) is 4.77. The fourth-order valence-corrected chi connectivity index (χ4v) is 1.40. The van der Waals surface area contributed by atoms with Crippen molar-refractivity contribution in [3.63, 3.8) is 0 Å². The van der Waals surface area contributed by atoms with Gasteiger partial charge in [0.1, 0.15) is 5.69 Å². The monoisotopic (exact) mass is 211 g/mol. The minimum Gasteiger partial charge on any atom is -0.323 e. The predicted molar refractivity (Wildman–Crippen MR) is 59.7 cm³/mol. The minimum atomic E-state index is -0.218. The Kier molecular flexibility index (Phi) is 2.52. The third kappa shape index (κ3) is 1.84. The zero-order valence-corrected chi connectivity index (χ0v) is 8.69. The van der Waals surface area contributed by atoms with Crippen molar-refractivity contribution in [1.82, 2.24) is 9.97 Å². The predicted octanol–water partition coefficient (Wildman–Crippen LogP) is 1.62. The van der Waals surface area contributed by atoms with Crippen LogP contribution in [0.5, 0.6) is 0 Å².